The Morgan fingerprint density at radius 2 is 1.65 bits per heavy atom. The number of benzene rings is 1. The first kappa shape index (κ1) is 21.7. The van der Waals surface area contributed by atoms with Crippen LogP contribution >= 0.6 is 12.2 Å². The van der Waals surface area contributed by atoms with Crippen LogP contribution in [0.3, 0.4) is 0 Å². The van der Waals surface area contributed by atoms with E-state index in [4.69, 9.17) is 17.0 Å². The molecule has 0 bridgehead atoms. The van der Waals surface area contributed by atoms with Gasteiger partial charge in [0, 0.05) is 11.1 Å². The largest absolute Gasteiger partial charge is 0.497 e. The third-order valence-electron chi connectivity index (χ3n) is 3.38. The molecule has 0 fully saturated rings. The van der Waals surface area contributed by atoms with Gasteiger partial charge in [0.15, 0.2) is 5.11 Å². The summed E-state index contributed by atoms with van der Waals surface area (Å²) in [5.41, 5.74) is 5.41. The minimum absolute atomic E-state index is 0.108. The highest BCUT2D eigenvalue weighted by Crippen LogP contribution is 2.12. The maximum absolute atomic E-state index is 12.4. The van der Waals surface area contributed by atoms with E-state index >= 15 is 0 Å². The van der Waals surface area contributed by atoms with E-state index in [1.807, 2.05) is 34.6 Å². The number of hydrogen-bond donors (Lipinski definition) is 4. The molecule has 0 unspecified atom stereocenters. The highest BCUT2D eigenvalue weighted by molar-refractivity contribution is 7.80. The Bertz CT molecular complexity index is 639. The summed E-state index contributed by atoms with van der Waals surface area (Å²) in [4.78, 5) is 24.8. The third kappa shape index (κ3) is 7.26. The van der Waals surface area contributed by atoms with E-state index < -0.39 is 6.04 Å². The molecule has 0 spiro atoms. The average Bonchev–Trinajstić information content (AvgIpc) is 2.55. The molecule has 0 saturated heterocycles. The molecule has 0 heterocycles. The van der Waals surface area contributed by atoms with Crippen LogP contribution in [0.5, 0.6) is 5.75 Å². The molecule has 0 aliphatic heterocycles. The predicted octanol–water partition coefficient (Wildman–Crippen LogP) is 1.74. The van der Waals surface area contributed by atoms with Crippen LogP contribution in [0.4, 0.5) is 0 Å². The van der Waals surface area contributed by atoms with Crippen molar-refractivity contribution in [3.63, 3.8) is 0 Å². The number of methoxy groups -OCH3 is 1. The predicted molar refractivity (Wildman–Crippen MR) is 106 cm³/mol. The summed E-state index contributed by atoms with van der Waals surface area (Å²) in [5, 5.41) is 6.07. The van der Waals surface area contributed by atoms with Crippen molar-refractivity contribution in [2.24, 2.45) is 5.92 Å². The third-order valence-corrected chi connectivity index (χ3v) is 3.58. The zero-order chi connectivity index (χ0) is 19.9. The van der Waals surface area contributed by atoms with Gasteiger partial charge in [-0.15, -0.1) is 0 Å². The maximum atomic E-state index is 12.4. The number of hydrazine groups is 1. The van der Waals surface area contributed by atoms with Crippen molar-refractivity contribution in [1.82, 2.24) is 21.5 Å². The molecule has 1 aromatic carbocycles. The summed E-state index contributed by atoms with van der Waals surface area (Å²) in [6.07, 6.45) is 0. The van der Waals surface area contributed by atoms with Crippen molar-refractivity contribution < 1.29 is 14.3 Å². The standard InChI is InChI=1S/C18H28N4O3S/c1-11(2)14(16(24)21-22-17(26)20-18(3,4)5)19-15(23)12-7-9-13(25-6)10-8-12/h7-11,14H,1-6H3,(H,19,23)(H,21,24)(H2,20,22,26)/t14-/m0/s1. The van der Waals surface area contributed by atoms with Gasteiger partial charge in [0.05, 0.1) is 7.11 Å². The molecular formula is C18H28N4O3S. The van der Waals surface area contributed by atoms with Gasteiger partial charge in [0.1, 0.15) is 11.8 Å². The molecule has 144 valence electrons. The Morgan fingerprint density at radius 3 is 2.12 bits per heavy atom. The van der Waals surface area contributed by atoms with Gasteiger partial charge in [0.2, 0.25) is 0 Å². The van der Waals surface area contributed by atoms with E-state index in [0.717, 1.165) is 0 Å². The van der Waals surface area contributed by atoms with Gasteiger partial charge < -0.3 is 15.4 Å². The lowest BCUT2D eigenvalue weighted by Crippen LogP contribution is -2.57. The quantitative estimate of drug-likeness (QED) is 0.459. The second-order valence-corrected chi connectivity index (χ2v) is 7.65. The van der Waals surface area contributed by atoms with Gasteiger partial charge in [-0.1, -0.05) is 13.8 Å². The van der Waals surface area contributed by atoms with Gasteiger partial charge in [-0.2, -0.15) is 0 Å². The molecule has 0 saturated carbocycles. The topological polar surface area (TPSA) is 91.5 Å². The van der Waals surface area contributed by atoms with Crippen molar-refractivity contribution in [3.8, 4) is 5.75 Å². The lowest BCUT2D eigenvalue weighted by Gasteiger charge is -2.25. The molecule has 0 radical (unpaired) electrons. The van der Waals surface area contributed by atoms with Gasteiger partial charge >= 0.3 is 0 Å². The SMILES string of the molecule is COc1ccc(C(=O)N[C@H](C(=O)NNC(=S)NC(C)(C)C)C(C)C)cc1. The Labute approximate surface area is 160 Å². The van der Waals surface area contributed by atoms with Crippen LogP contribution in [-0.4, -0.2) is 35.6 Å². The normalized spacial score (nSPS) is 12.1. The zero-order valence-electron chi connectivity index (χ0n) is 16.1. The van der Waals surface area contributed by atoms with E-state index in [9.17, 15) is 9.59 Å². The average molecular weight is 381 g/mol. The van der Waals surface area contributed by atoms with Crippen LogP contribution in [0.25, 0.3) is 0 Å². The first-order valence-electron chi connectivity index (χ1n) is 8.36. The first-order valence-corrected chi connectivity index (χ1v) is 8.77. The Balaban J connectivity index is 2.67. The molecule has 8 heteroatoms. The Hall–Kier alpha value is -2.35. The number of carbonyl (C=O) groups is 2. The van der Waals surface area contributed by atoms with Gasteiger partial charge in [0.25, 0.3) is 11.8 Å². The van der Waals surface area contributed by atoms with Crippen LogP contribution < -0.4 is 26.2 Å². The van der Waals surface area contributed by atoms with Gasteiger partial charge in [-0.05, 0) is 63.2 Å². The highest BCUT2D eigenvalue weighted by atomic mass is 32.1. The summed E-state index contributed by atoms with van der Waals surface area (Å²) in [5.74, 6) is -0.163. The van der Waals surface area contributed by atoms with E-state index in [2.05, 4.69) is 21.5 Å². The fraction of sp³-hybridized carbons (Fsp3) is 0.500. The number of nitrogens with one attached hydrogen (secondary N) is 4. The zero-order valence-corrected chi connectivity index (χ0v) is 16.9. The van der Waals surface area contributed by atoms with Crippen LogP contribution in [-0.2, 0) is 4.79 Å². The fourth-order valence-electron chi connectivity index (χ4n) is 2.07. The minimum Gasteiger partial charge on any atom is -0.497 e. The molecule has 4 N–H and O–H groups in total. The maximum Gasteiger partial charge on any atom is 0.261 e. The Kier molecular flexibility index (Phi) is 7.82. The number of thiocarbonyl (C=S) groups is 1. The molecule has 1 aromatic rings. The summed E-state index contributed by atoms with van der Waals surface area (Å²) in [6.45, 7) is 9.56. The monoisotopic (exact) mass is 380 g/mol. The number of carbonyl (C=O) groups excluding carboxylic acids is 2. The van der Waals surface area contributed by atoms with E-state index in [1.54, 1.807) is 31.4 Å². The molecular weight excluding hydrogens is 352 g/mol. The van der Waals surface area contributed by atoms with Crippen molar-refractivity contribution in [2.75, 3.05) is 7.11 Å². The van der Waals surface area contributed by atoms with Crippen LogP contribution in [0.2, 0.25) is 0 Å². The van der Waals surface area contributed by atoms with Gasteiger partial charge in [-0.3, -0.25) is 20.4 Å². The lowest BCUT2D eigenvalue weighted by molar-refractivity contribution is -0.124. The molecule has 0 aliphatic rings. The number of hydrogen-bond acceptors (Lipinski definition) is 4. The van der Waals surface area contributed by atoms with Crippen LogP contribution in [0.1, 0.15) is 45.0 Å². The molecule has 7 nitrogen and oxygen atoms in total. The second kappa shape index (κ2) is 9.38. The number of rotatable bonds is 5. The van der Waals surface area contributed by atoms with Crippen LogP contribution in [0, 0.1) is 5.92 Å². The lowest BCUT2D eigenvalue weighted by atomic mass is 10.0. The molecule has 26 heavy (non-hydrogen) atoms. The molecule has 1 atom stereocenters. The highest BCUT2D eigenvalue weighted by Gasteiger charge is 2.25. The summed E-state index contributed by atoms with van der Waals surface area (Å²) < 4.78 is 5.07. The molecule has 0 aromatic heterocycles. The molecule has 0 aliphatic carbocycles. The minimum atomic E-state index is -0.713. The smallest absolute Gasteiger partial charge is 0.261 e. The van der Waals surface area contributed by atoms with E-state index in [1.165, 1.54) is 0 Å². The summed E-state index contributed by atoms with van der Waals surface area (Å²) >= 11 is 5.12. The van der Waals surface area contributed by atoms with Crippen molar-refractivity contribution >= 4 is 29.1 Å². The summed E-state index contributed by atoms with van der Waals surface area (Å²) in [7, 11) is 1.56. The molecule has 1 rings (SSSR count). The fourth-order valence-corrected chi connectivity index (χ4v) is 2.43. The van der Waals surface area contributed by atoms with Crippen molar-refractivity contribution in [1.29, 1.82) is 0 Å². The van der Waals surface area contributed by atoms with Crippen LogP contribution in [0.15, 0.2) is 24.3 Å². The van der Waals surface area contributed by atoms with Crippen molar-refractivity contribution in [3.05, 3.63) is 29.8 Å². The van der Waals surface area contributed by atoms with E-state index in [0.29, 0.717) is 16.4 Å². The van der Waals surface area contributed by atoms with Crippen molar-refractivity contribution in [2.45, 2.75) is 46.2 Å². The van der Waals surface area contributed by atoms with E-state index in [-0.39, 0.29) is 23.3 Å². The summed E-state index contributed by atoms with van der Waals surface area (Å²) in [6, 6.07) is 5.96. The molecule has 2 amide bonds. The second-order valence-electron chi connectivity index (χ2n) is 7.24. The number of ether oxygens (including phenoxy) is 1. The van der Waals surface area contributed by atoms with Gasteiger partial charge in [-0.25, -0.2) is 0 Å². The number of amides is 2. The first-order chi connectivity index (χ1) is 12.0. The Morgan fingerprint density at radius 1 is 1.08 bits per heavy atom.